The lowest BCUT2D eigenvalue weighted by molar-refractivity contribution is -0.396. The molecule has 0 fully saturated rings. The van der Waals surface area contributed by atoms with Crippen LogP contribution in [0.25, 0.3) is 0 Å². The first-order valence-corrected chi connectivity index (χ1v) is 4.57. The summed E-state index contributed by atoms with van der Waals surface area (Å²) >= 11 is 0. The van der Waals surface area contributed by atoms with E-state index in [0.29, 0.717) is 0 Å². The lowest BCUT2D eigenvalue weighted by atomic mass is 10.4. The summed E-state index contributed by atoms with van der Waals surface area (Å²) in [6.07, 6.45) is 6.23. The van der Waals surface area contributed by atoms with E-state index in [9.17, 15) is 10.1 Å². The number of hydrogen-bond acceptors (Lipinski definition) is 5. The third-order valence-electron chi connectivity index (χ3n) is 1.97. The molecule has 0 aromatic carbocycles. The highest BCUT2D eigenvalue weighted by Crippen LogP contribution is 2.09. The monoisotopic (exact) mass is 219 g/mol. The molecule has 0 saturated carbocycles. The van der Waals surface area contributed by atoms with E-state index in [-0.39, 0.29) is 12.6 Å². The summed E-state index contributed by atoms with van der Waals surface area (Å²) in [6, 6.07) is 3.61. The predicted octanol–water partition coefficient (Wildman–Crippen LogP) is 1.26. The highest BCUT2D eigenvalue weighted by Gasteiger charge is 2.12. The summed E-state index contributed by atoms with van der Waals surface area (Å²) in [6.45, 7) is 0.280. The van der Waals surface area contributed by atoms with E-state index in [1.807, 2.05) is 6.07 Å². The smallest absolute Gasteiger partial charge is 0.390 e. The third kappa shape index (κ3) is 2.14. The average molecular weight is 219 g/mol. The zero-order valence-electron chi connectivity index (χ0n) is 8.28. The molecular formula is C9H9N5O2. The normalized spacial score (nSPS) is 10.0. The number of hydrogen-bond donors (Lipinski definition) is 1. The van der Waals surface area contributed by atoms with Crippen LogP contribution in [0.2, 0.25) is 0 Å². The van der Waals surface area contributed by atoms with Gasteiger partial charge in [-0.3, -0.25) is 4.98 Å². The van der Waals surface area contributed by atoms with Gasteiger partial charge < -0.3 is 15.4 Å². The van der Waals surface area contributed by atoms with Gasteiger partial charge >= 0.3 is 5.95 Å². The topological polar surface area (TPSA) is 85.9 Å². The molecule has 1 N–H and O–H groups in total. The maximum absolute atomic E-state index is 10.6. The number of anilines is 1. The molecule has 7 nitrogen and oxygen atoms in total. The second-order valence-corrected chi connectivity index (χ2v) is 3.03. The molecule has 2 aromatic rings. The number of pyridine rings is 1. The Balaban J connectivity index is 2.05. The van der Waals surface area contributed by atoms with Gasteiger partial charge in [0.25, 0.3) is 0 Å². The minimum atomic E-state index is -0.523. The average Bonchev–Trinajstić information content (AvgIpc) is 2.76. The van der Waals surface area contributed by atoms with E-state index in [1.165, 1.54) is 10.8 Å². The van der Waals surface area contributed by atoms with E-state index >= 15 is 0 Å². The Hall–Kier alpha value is -2.44. The van der Waals surface area contributed by atoms with Gasteiger partial charge in [-0.25, -0.2) is 4.57 Å². The van der Waals surface area contributed by atoms with Crippen molar-refractivity contribution in [2.45, 2.75) is 6.67 Å². The van der Waals surface area contributed by atoms with Crippen molar-refractivity contribution in [1.82, 2.24) is 14.5 Å². The Morgan fingerprint density at radius 3 is 3.06 bits per heavy atom. The van der Waals surface area contributed by atoms with Crippen molar-refractivity contribution in [3.63, 3.8) is 0 Å². The van der Waals surface area contributed by atoms with Crippen LogP contribution in [0.1, 0.15) is 0 Å². The summed E-state index contributed by atoms with van der Waals surface area (Å²) in [5, 5.41) is 13.6. The molecule has 0 unspecified atom stereocenters. The Morgan fingerprint density at radius 2 is 2.38 bits per heavy atom. The first-order valence-electron chi connectivity index (χ1n) is 4.57. The van der Waals surface area contributed by atoms with Crippen LogP contribution >= 0.6 is 0 Å². The Morgan fingerprint density at radius 1 is 1.50 bits per heavy atom. The van der Waals surface area contributed by atoms with Crippen LogP contribution in [0, 0.1) is 10.1 Å². The molecule has 82 valence electrons. The molecule has 0 aliphatic rings. The van der Waals surface area contributed by atoms with Crippen molar-refractivity contribution in [1.29, 1.82) is 0 Å². The summed E-state index contributed by atoms with van der Waals surface area (Å²) in [5.74, 6) is -0.184. The number of rotatable bonds is 4. The Labute approximate surface area is 90.9 Å². The third-order valence-corrected chi connectivity index (χ3v) is 1.97. The number of nitrogens with zero attached hydrogens (tertiary/aromatic N) is 4. The maximum atomic E-state index is 10.6. The van der Waals surface area contributed by atoms with Crippen molar-refractivity contribution in [3.8, 4) is 0 Å². The molecule has 0 radical (unpaired) electrons. The van der Waals surface area contributed by atoms with Crippen LogP contribution in [0.15, 0.2) is 36.9 Å². The molecule has 2 heterocycles. The van der Waals surface area contributed by atoms with Crippen LogP contribution in [-0.2, 0) is 6.67 Å². The Kier molecular flexibility index (Phi) is 2.77. The summed E-state index contributed by atoms with van der Waals surface area (Å²) in [5.41, 5.74) is 0.797. The van der Waals surface area contributed by atoms with Gasteiger partial charge in [0.2, 0.25) is 0 Å². The van der Waals surface area contributed by atoms with Crippen LogP contribution in [0.3, 0.4) is 0 Å². The molecule has 0 saturated heterocycles. The van der Waals surface area contributed by atoms with Gasteiger partial charge in [-0.05, 0) is 17.1 Å². The maximum Gasteiger partial charge on any atom is 0.436 e. The summed E-state index contributed by atoms with van der Waals surface area (Å²) in [4.78, 5) is 17.6. The largest absolute Gasteiger partial charge is 0.436 e. The fraction of sp³-hybridized carbons (Fsp3) is 0.111. The van der Waals surface area contributed by atoms with Crippen LogP contribution in [0.5, 0.6) is 0 Å². The predicted molar refractivity (Wildman–Crippen MR) is 56.7 cm³/mol. The van der Waals surface area contributed by atoms with Crippen molar-refractivity contribution in [2.24, 2.45) is 0 Å². The first kappa shape index (κ1) is 10.1. The van der Waals surface area contributed by atoms with Crippen LogP contribution < -0.4 is 5.32 Å². The van der Waals surface area contributed by atoms with E-state index in [2.05, 4.69) is 15.3 Å². The van der Waals surface area contributed by atoms with E-state index < -0.39 is 4.92 Å². The number of nitrogens with one attached hydrogen (secondary N) is 1. The number of nitro groups is 1. The molecule has 2 rings (SSSR count). The lowest BCUT2D eigenvalue weighted by Crippen LogP contribution is -2.10. The highest BCUT2D eigenvalue weighted by molar-refractivity contribution is 5.38. The number of imidazole rings is 1. The van der Waals surface area contributed by atoms with Gasteiger partial charge in [-0.15, -0.1) is 0 Å². The molecule has 0 atom stereocenters. The van der Waals surface area contributed by atoms with E-state index in [1.54, 1.807) is 24.7 Å². The zero-order chi connectivity index (χ0) is 11.4. The molecule has 16 heavy (non-hydrogen) atoms. The molecule has 0 spiro atoms. The first-order chi connectivity index (χ1) is 7.77. The molecule has 2 aromatic heterocycles. The SMILES string of the molecule is O=[N+]([O-])c1nccn1CNc1cccnc1. The van der Waals surface area contributed by atoms with Crippen molar-refractivity contribution in [3.05, 3.63) is 47.0 Å². The van der Waals surface area contributed by atoms with E-state index in [4.69, 9.17) is 0 Å². The fourth-order valence-corrected chi connectivity index (χ4v) is 1.24. The quantitative estimate of drug-likeness (QED) is 0.617. The molecule has 0 amide bonds. The van der Waals surface area contributed by atoms with Gasteiger partial charge in [-0.2, -0.15) is 0 Å². The summed E-state index contributed by atoms with van der Waals surface area (Å²) < 4.78 is 1.41. The van der Waals surface area contributed by atoms with E-state index in [0.717, 1.165) is 5.69 Å². The highest BCUT2D eigenvalue weighted by atomic mass is 16.6. The van der Waals surface area contributed by atoms with Crippen molar-refractivity contribution >= 4 is 11.6 Å². The van der Waals surface area contributed by atoms with Crippen molar-refractivity contribution in [2.75, 3.05) is 5.32 Å². The summed E-state index contributed by atoms with van der Waals surface area (Å²) in [7, 11) is 0. The minimum absolute atomic E-state index is 0.184. The van der Waals surface area contributed by atoms with Crippen LogP contribution in [-0.4, -0.2) is 19.5 Å². The van der Waals surface area contributed by atoms with Gasteiger partial charge in [0.15, 0.2) is 0 Å². The Bertz CT molecular complexity index is 482. The number of aromatic nitrogens is 3. The van der Waals surface area contributed by atoms with Gasteiger partial charge in [0.05, 0.1) is 11.9 Å². The van der Waals surface area contributed by atoms with Gasteiger partial charge in [0.1, 0.15) is 19.1 Å². The molecule has 0 aliphatic carbocycles. The zero-order valence-corrected chi connectivity index (χ0v) is 8.28. The molecule has 0 bridgehead atoms. The van der Waals surface area contributed by atoms with Gasteiger partial charge in [-0.1, -0.05) is 4.98 Å². The lowest BCUT2D eigenvalue weighted by Gasteiger charge is -2.04. The standard InChI is InChI=1S/C9H9N5O2/c15-14(16)9-11-4-5-13(9)7-12-8-2-1-3-10-6-8/h1-6,12H,7H2. The molecular weight excluding hydrogens is 210 g/mol. The van der Waals surface area contributed by atoms with Gasteiger partial charge in [0, 0.05) is 6.20 Å². The molecule has 7 heteroatoms. The van der Waals surface area contributed by atoms with Crippen molar-refractivity contribution < 1.29 is 4.92 Å². The van der Waals surface area contributed by atoms with Crippen LogP contribution in [0.4, 0.5) is 11.6 Å². The fourth-order valence-electron chi connectivity index (χ4n) is 1.24. The second kappa shape index (κ2) is 4.39. The minimum Gasteiger partial charge on any atom is -0.390 e. The molecule has 0 aliphatic heterocycles. The second-order valence-electron chi connectivity index (χ2n) is 3.03.